The van der Waals surface area contributed by atoms with E-state index in [1.54, 1.807) is 0 Å². The van der Waals surface area contributed by atoms with Gasteiger partial charge in [-0.25, -0.2) is 13.9 Å². The van der Waals surface area contributed by atoms with Crippen molar-refractivity contribution in [2.75, 3.05) is 25.3 Å². The number of hydrogen-bond donors (Lipinski definition) is 6. The van der Waals surface area contributed by atoms with Crippen molar-refractivity contribution in [3.8, 4) is 0 Å². The number of fused-ring (bicyclic) bond motifs is 1. The number of rotatable bonds is 6. The molecule has 2 aliphatic heterocycles. The first-order chi connectivity index (χ1) is 12.5. The lowest BCUT2D eigenvalue weighted by Gasteiger charge is -2.22. The number of amides is 1. The molecule has 0 saturated carbocycles. The van der Waals surface area contributed by atoms with Crippen molar-refractivity contribution in [2.24, 2.45) is 0 Å². The maximum absolute atomic E-state index is 11.7. The fraction of sp³-hybridized carbons (Fsp3) is 0.636. The number of anilines is 1. The molecular formula is C11H18N4O10P2. The van der Waals surface area contributed by atoms with Crippen LogP contribution < -0.4 is 10.6 Å². The number of phosphoric acid groups is 1. The van der Waals surface area contributed by atoms with Crippen molar-refractivity contribution in [3.05, 3.63) is 12.0 Å². The van der Waals surface area contributed by atoms with Crippen LogP contribution in [0.3, 0.4) is 0 Å². The summed E-state index contributed by atoms with van der Waals surface area (Å²) in [5.74, 6) is -0.165. The highest BCUT2D eigenvalue weighted by Gasteiger charge is 2.46. The summed E-state index contributed by atoms with van der Waals surface area (Å²) in [5, 5.41) is 25.7. The van der Waals surface area contributed by atoms with E-state index in [1.165, 1.54) is 10.9 Å². The number of phosphoric ester groups is 1. The molecule has 152 valence electrons. The number of nitrogens with one attached hydrogen (secondary N) is 2. The summed E-state index contributed by atoms with van der Waals surface area (Å²) < 4.78 is 38.1. The van der Waals surface area contributed by atoms with Gasteiger partial charge in [0.1, 0.15) is 24.1 Å². The highest BCUT2D eigenvalue weighted by Crippen LogP contribution is 2.58. The molecule has 1 amide bonds. The molecular weight excluding hydrogens is 410 g/mol. The number of aliphatic hydroxyl groups is 2. The summed E-state index contributed by atoms with van der Waals surface area (Å²) in [6.07, 6.45) is -4.20. The molecule has 6 atom stereocenters. The van der Waals surface area contributed by atoms with E-state index >= 15 is 0 Å². The molecule has 1 fully saturated rings. The Bertz CT molecular complexity index is 824. The zero-order chi connectivity index (χ0) is 20.0. The van der Waals surface area contributed by atoms with E-state index < -0.39 is 52.5 Å². The lowest BCUT2D eigenvalue weighted by atomic mass is 10.1. The smallest absolute Gasteiger partial charge is 0.387 e. The van der Waals surface area contributed by atoms with Crippen LogP contribution in [0.25, 0.3) is 0 Å². The zero-order valence-corrected chi connectivity index (χ0v) is 15.6. The number of aliphatic hydroxyl groups excluding tert-OH is 2. The van der Waals surface area contributed by atoms with Crippen LogP contribution in [-0.4, -0.2) is 73.7 Å². The Morgan fingerprint density at radius 3 is 2.70 bits per heavy atom. The van der Waals surface area contributed by atoms with Gasteiger partial charge in [-0.1, -0.05) is 0 Å². The Labute approximate surface area is 152 Å². The van der Waals surface area contributed by atoms with E-state index in [0.29, 0.717) is 6.66 Å². The third kappa shape index (κ3) is 4.40. The molecule has 16 heteroatoms. The summed E-state index contributed by atoms with van der Waals surface area (Å²) in [6.45, 7) is 0.108. The maximum atomic E-state index is 11.7. The second-order valence-corrected chi connectivity index (χ2v) is 9.36. The van der Waals surface area contributed by atoms with Gasteiger partial charge in [-0.05, 0) is 0 Å². The average molecular weight is 428 g/mol. The van der Waals surface area contributed by atoms with Crippen LogP contribution in [0.5, 0.6) is 0 Å². The van der Waals surface area contributed by atoms with E-state index in [-0.39, 0.29) is 18.2 Å². The van der Waals surface area contributed by atoms with Gasteiger partial charge in [0.25, 0.3) is 5.91 Å². The molecule has 0 aliphatic carbocycles. The van der Waals surface area contributed by atoms with Crippen LogP contribution in [0.4, 0.5) is 5.82 Å². The molecule has 1 saturated heterocycles. The summed E-state index contributed by atoms with van der Waals surface area (Å²) >= 11 is 0. The second-order valence-electron chi connectivity index (χ2n) is 5.90. The van der Waals surface area contributed by atoms with Gasteiger partial charge in [-0.15, -0.1) is 0 Å². The van der Waals surface area contributed by atoms with Crippen molar-refractivity contribution in [3.63, 3.8) is 0 Å². The van der Waals surface area contributed by atoms with Crippen LogP contribution in [0.2, 0.25) is 0 Å². The molecule has 0 aromatic carbocycles. The number of hydrogen-bond acceptors (Lipinski definition) is 10. The number of nitrogens with zero attached hydrogens (tertiary/aromatic N) is 2. The molecule has 6 N–H and O–H groups in total. The minimum atomic E-state index is -4.89. The van der Waals surface area contributed by atoms with Crippen LogP contribution >= 0.6 is 15.4 Å². The highest BCUT2D eigenvalue weighted by atomic mass is 31.3. The minimum Gasteiger partial charge on any atom is -0.387 e. The third-order valence-electron chi connectivity index (χ3n) is 3.78. The Morgan fingerprint density at radius 2 is 2.04 bits per heavy atom. The zero-order valence-electron chi connectivity index (χ0n) is 13.8. The normalized spacial score (nSPS) is 32.1. The van der Waals surface area contributed by atoms with Crippen LogP contribution in [0, 0.1) is 0 Å². The first-order valence-corrected chi connectivity index (χ1v) is 11.1. The van der Waals surface area contributed by atoms with E-state index in [0.717, 1.165) is 0 Å². The number of aromatic nitrogens is 2. The lowest BCUT2D eigenvalue weighted by Crippen LogP contribution is -2.37. The predicted octanol–water partition coefficient (Wildman–Crippen LogP) is -1.44. The molecule has 14 nitrogen and oxygen atoms in total. The first kappa shape index (κ1) is 20.4. The first-order valence-electron chi connectivity index (χ1n) is 7.58. The number of carbonyl (C=O) groups excluding carboxylic acids is 1. The van der Waals surface area contributed by atoms with Gasteiger partial charge in [0.15, 0.2) is 11.9 Å². The van der Waals surface area contributed by atoms with E-state index in [4.69, 9.17) is 9.63 Å². The van der Waals surface area contributed by atoms with Gasteiger partial charge < -0.3 is 35.4 Å². The van der Waals surface area contributed by atoms with Crippen molar-refractivity contribution in [1.82, 2.24) is 14.9 Å². The Morgan fingerprint density at radius 1 is 1.33 bits per heavy atom. The summed E-state index contributed by atoms with van der Waals surface area (Å²) in [6, 6.07) is 0. The van der Waals surface area contributed by atoms with E-state index in [9.17, 15) is 29.0 Å². The Kier molecular flexibility index (Phi) is 5.47. The number of imidazole rings is 1. The summed E-state index contributed by atoms with van der Waals surface area (Å²) in [4.78, 5) is 34.0. The van der Waals surface area contributed by atoms with Gasteiger partial charge >= 0.3 is 15.4 Å². The quantitative estimate of drug-likeness (QED) is 0.289. The predicted molar refractivity (Wildman–Crippen MR) is 86.7 cm³/mol. The summed E-state index contributed by atoms with van der Waals surface area (Å²) in [5.41, 5.74) is 0.0705. The van der Waals surface area contributed by atoms with Gasteiger partial charge in [0.2, 0.25) is 0 Å². The molecule has 3 heterocycles. The summed E-state index contributed by atoms with van der Waals surface area (Å²) in [7, 11) is -9.19. The molecule has 0 radical (unpaired) electrons. The highest BCUT2D eigenvalue weighted by molar-refractivity contribution is 7.63. The molecule has 3 rings (SSSR count). The fourth-order valence-corrected chi connectivity index (χ4v) is 4.72. The van der Waals surface area contributed by atoms with Crippen LogP contribution in [0.15, 0.2) is 6.33 Å². The largest absolute Gasteiger partial charge is 0.479 e. The topological polar surface area (TPSA) is 202 Å². The van der Waals surface area contributed by atoms with E-state index in [1.807, 2.05) is 0 Å². The van der Waals surface area contributed by atoms with Gasteiger partial charge in [-0.2, -0.15) is 0 Å². The average Bonchev–Trinajstić information content (AvgIpc) is 3.07. The van der Waals surface area contributed by atoms with E-state index in [2.05, 4.69) is 24.5 Å². The van der Waals surface area contributed by atoms with Gasteiger partial charge in [0.05, 0.1) is 19.6 Å². The minimum absolute atomic E-state index is 0.0705. The molecule has 1 aromatic heterocycles. The number of carbonyl (C=O) groups is 1. The van der Waals surface area contributed by atoms with Crippen molar-refractivity contribution in [2.45, 2.75) is 24.5 Å². The van der Waals surface area contributed by atoms with Gasteiger partial charge in [0, 0.05) is 6.66 Å². The third-order valence-corrected chi connectivity index (χ3v) is 6.29. The number of ether oxygens (including phenoxy) is 1. The monoisotopic (exact) mass is 428 g/mol. The molecule has 27 heavy (non-hydrogen) atoms. The SMILES string of the molecule is CP(=O)(O)OP(=O)(O)OC[C@H]1O[C@@H](n2cnc3c2NCNC3=O)[C@H](O)[C@@H]1O. The Hall–Kier alpha value is -1.34. The lowest BCUT2D eigenvalue weighted by molar-refractivity contribution is -0.0509. The van der Waals surface area contributed by atoms with Crippen molar-refractivity contribution >= 4 is 27.1 Å². The second kappa shape index (κ2) is 7.24. The standard InChI is InChI=1S/C11H18N4O10P2/c1-26(19,20)25-27(21,22)23-2-5-7(16)8(17)11(24-5)15-4-14-6-9(15)12-3-13-10(6)18/h4-5,7-8,11-12,16-17H,2-3H2,1H3,(H,13,18)(H,19,20)(H,21,22)/t5-,7-,8-,11-/m1/s1. The molecule has 0 bridgehead atoms. The van der Waals surface area contributed by atoms with Gasteiger partial charge in [-0.3, -0.25) is 18.5 Å². The molecule has 1 aromatic rings. The molecule has 2 unspecified atom stereocenters. The van der Waals surface area contributed by atoms with Crippen molar-refractivity contribution < 1.29 is 47.5 Å². The van der Waals surface area contributed by atoms with Crippen LogP contribution in [0.1, 0.15) is 16.7 Å². The van der Waals surface area contributed by atoms with Crippen LogP contribution in [-0.2, 0) is 22.7 Å². The maximum Gasteiger partial charge on any atom is 0.479 e. The Balaban J connectivity index is 1.71. The van der Waals surface area contributed by atoms with Crippen molar-refractivity contribution in [1.29, 1.82) is 0 Å². The molecule has 0 spiro atoms. The fourth-order valence-electron chi connectivity index (χ4n) is 2.67. The molecule has 2 aliphatic rings.